The van der Waals surface area contributed by atoms with Crippen molar-refractivity contribution in [1.82, 2.24) is 0 Å². The van der Waals surface area contributed by atoms with Gasteiger partial charge < -0.3 is 9.47 Å². The number of hydrogen-bond acceptors (Lipinski definition) is 2. The van der Waals surface area contributed by atoms with Crippen LogP contribution in [0.2, 0.25) is 0 Å². The zero-order valence-corrected chi connectivity index (χ0v) is 11.2. The Bertz CT molecular complexity index is 294. The minimum Gasteiger partial charge on any atom is -0.381 e. The van der Waals surface area contributed by atoms with Crippen molar-refractivity contribution in [2.75, 3.05) is 20.3 Å². The van der Waals surface area contributed by atoms with E-state index >= 15 is 0 Å². The van der Waals surface area contributed by atoms with Gasteiger partial charge in [-0.05, 0) is 25.8 Å². The maximum Gasteiger partial charge on any atom is 0.0968 e. The van der Waals surface area contributed by atoms with Crippen molar-refractivity contribution < 1.29 is 9.47 Å². The summed E-state index contributed by atoms with van der Waals surface area (Å²) in [4.78, 5) is 0. The third-order valence-corrected chi connectivity index (χ3v) is 3.33. The molecule has 0 radical (unpaired) electrons. The average molecular weight is 236 g/mol. The SMILES string of the molecule is C/C=C/CC=C/C(=C\C)C1(OC)CCOCC1. The van der Waals surface area contributed by atoms with E-state index in [0.29, 0.717) is 0 Å². The van der Waals surface area contributed by atoms with Crippen molar-refractivity contribution in [3.63, 3.8) is 0 Å². The Kier molecular flexibility index (Phi) is 6.23. The zero-order chi connectivity index (χ0) is 12.6. The van der Waals surface area contributed by atoms with Gasteiger partial charge in [0.25, 0.3) is 0 Å². The summed E-state index contributed by atoms with van der Waals surface area (Å²) in [6.45, 7) is 5.69. The van der Waals surface area contributed by atoms with Crippen molar-refractivity contribution in [1.29, 1.82) is 0 Å². The van der Waals surface area contributed by atoms with Gasteiger partial charge >= 0.3 is 0 Å². The van der Waals surface area contributed by atoms with Gasteiger partial charge in [-0.2, -0.15) is 0 Å². The first-order valence-electron chi connectivity index (χ1n) is 6.36. The van der Waals surface area contributed by atoms with Gasteiger partial charge in [-0.3, -0.25) is 0 Å². The van der Waals surface area contributed by atoms with Crippen LogP contribution in [0.25, 0.3) is 0 Å². The lowest BCUT2D eigenvalue weighted by atomic mass is 9.85. The van der Waals surface area contributed by atoms with Crippen molar-refractivity contribution >= 4 is 0 Å². The Hall–Kier alpha value is -0.860. The predicted molar refractivity (Wildman–Crippen MR) is 72.1 cm³/mol. The molecule has 0 unspecified atom stereocenters. The van der Waals surface area contributed by atoms with Crippen LogP contribution in [0.15, 0.2) is 36.0 Å². The van der Waals surface area contributed by atoms with Gasteiger partial charge in [-0.1, -0.05) is 30.4 Å². The van der Waals surface area contributed by atoms with Crippen LogP contribution in [0.3, 0.4) is 0 Å². The maximum absolute atomic E-state index is 5.77. The summed E-state index contributed by atoms with van der Waals surface area (Å²) in [5, 5.41) is 0. The van der Waals surface area contributed by atoms with E-state index in [9.17, 15) is 0 Å². The van der Waals surface area contributed by atoms with Gasteiger partial charge in [-0.15, -0.1) is 0 Å². The third-order valence-electron chi connectivity index (χ3n) is 3.33. The number of methoxy groups -OCH3 is 1. The minimum atomic E-state index is -0.139. The highest BCUT2D eigenvalue weighted by Gasteiger charge is 2.34. The summed E-state index contributed by atoms with van der Waals surface area (Å²) < 4.78 is 11.2. The molecule has 2 nitrogen and oxygen atoms in total. The fourth-order valence-electron chi connectivity index (χ4n) is 2.23. The largest absolute Gasteiger partial charge is 0.381 e. The molecule has 0 aromatic carbocycles. The maximum atomic E-state index is 5.77. The van der Waals surface area contributed by atoms with E-state index in [1.807, 2.05) is 6.92 Å². The molecular weight excluding hydrogens is 212 g/mol. The van der Waals surface area contributed by atoms with Crippen LogP contribution in [-0.4, -0.2) is 25.9 Å². The quantitative estimate of drug-likeness (QED) is 0.536. The molecule has 0 aromatic rings. The highest BCUT2D eigenvalue weighted by Crippen LogP contribution is 2.33. The summed E-state index contributed by atoms with van der Waals surface area (Å²) in [5.41, 5.74) is 1.13. The smallest absolute Gasteiger partial charge is 0.0968 e. The lowest BCUT2D eigenvalue weighted by Crippen LogP contribution is -2.39. The van der Waals surface area contributed by atoms with Gasteiger partial charge in [0.05, 0.1) is 5.60 Å². The Morgan fingerprint density at radius 3 is 2.47 bits per heavy atom. The molecule has 1 saturated heterocycles. The monoisotopic (exact) mass is 236 g/mol. The van der Waals surface area contributed by atoms with E-state index in [4.69, 9.17) is 9.47 Å². The molecule has 1 heterocycles. The molecule has 0 aromatic heterocycles. The van der Waals surface area contributed by atoms with Crippen molar-refractivity contribution in [3.05, 3.63) is 36.0 Å². The summed E-state index contributed by atoms with van der Waals surface area (Å²) in [6, 6.07) is 0. The van der Waals surface area contributed by atoms with Gasteiger partial charge in [0.15, 0.2) is 0 Å². The van der Waals surface area contributed by atoms with E-state index in [-0.39, 0.29) is 5.60 Å². The Morgan fingerprint density at radius 2 is 1.94 bits per heavy atom. The first-order valence-corrected chi connectivity index (χ1v) is 6.36. The van der Waals surface area contributed by atoms with Crippen LogP contribution in [0, 0.1) is 0 Å². The highest BCUT2D eigenvalue weighted by atomic mass is 16.5. The van der Waals surface area contributed by atoms with Crippen LogP contribution >= 0.6 is 0 Å². The normalized spacial score (nSPS) is 21.5. The second-order valence-electron chi connectivity index (χ2n) is 4.26. The van der Waals surface area contributed by atoms with Crippen LogP contribution in [0.1, 0.15) is 33.1 Å². The van der Waals surface area contributed by atoms with Crippen LogP contribution in [0.5, 0.6) is 0 Å². The van der Waals surface area contributed by atoms with Gasteiger partial charge in [0.1, 0.15) is 0 Å². The molecule has 2 heteroatoms. The van der Waals surface area contributed by atoms with Gasteiger partial charge in [0, 0.05) is 33.2 Å². The summed E-state index contributed by atoms with van der Waals surface area (Å²) in [7, 11) is 1.80. The molecule has 17 heavy (non-hydrogen) atoms. The first kappa shape index (κ1) is 14.2. The summed E-state index contributed by atoms with van der Waals surface area (Å²) >= 11 is 0. The standard InChI is InChI=1S/C15H24O2/c1-4-6-7-8-9-14(5-2)15(16-3)10-12-17-13-11-15/h4-6,8-9H,7,10-13H2,1-3H3/b6-4+,9-8?,14-5+. The van der Waals surface area contributed by atoms with Crippen LogP contribution < -0.4 is 0 Å². The lowest BCUT2D eigenvalue weighted by molar-refractivity contribution is -0.0638. The predicted octanol–water partition coefficient (Wildman–Crippen LogP) is 3.65. The molecule has 1 rings (SSSR count). The molecule has 0 atom stereocenters. The molecule has 0 spiro atoms. The Balaban J connectivity index is 2.73. The Morgan fingerprint density at radius 1 is 1.24 bits per heavy atom. The first-order chi connectivity index (χ1) is 8.29. The van der Waals surface area contributed by atoms with Gasteiger partial charge in [-0.25, -0.2) is 0 Å². The summed E-state index contributed by atoms with van der Waals surface area (Å²) in [6.07, 6.45) is 13.6. The second kappa shape index (κ2) is 7.46. The average Bonchev–Trinajstić information content (AvgIpc) is 2.39. The van der Waals surface area contributed by atoms with E-state index in [1.165, 1.54) is 5.57 Å². The van der Waals surface area contributed by atoms with Crippen molar-refractivity contribution in [3.8, 4) is 0 Å². The van der Waals surface area contributed by atoms with E-state index < -0.39 is 0 Å². The van der Waals surface area contributed by atoms with Crippen molar-refractivity contribution in [2.24, 2.45) is 0 Å². The lowest BCUT2D eigenvalue weighted by Gasteiger charge is -2.37. The Labute approximate surface area is 105 Å². The van der Waals surface area contributed by atoms with E-state index in [0.717, 1.165) is 32.5 Å². The molecular formula is C15H24O2. The molecule has 0 amide bonds. The van der Waals surface area contributed by atoms with Gasteiger partial charge in [0.2, 0.25) is 0 Å². The fraction of sp³-hybridized carbons (Fsp3) is 0.600. The molecule has 1 aliphatic heterocycles. The second-order valence-corrected chi connectivity index (χ2v) is 4.26. The third kappa shape index (κ3) is 3.83. The zero-order valence-electron chi connectivity index (χ0n) is 11.2. The topological polar surface area (TPSA) is 18.5 Å². The molecule has 0 aliphatic carbocycles. The number of hydrogen-bond donors (Lipinski definition) is 0. The molecule has 1 fully saturated rings. The summed E-state index contributed by atoms with van der Waals surface area (Å²) in [5.74, 6) is 0. The number of rotatable bonds is 5. The molecule has 0 saturated carbocycles. The fourth-order valence-corrected chi connectivity index (χ4v) is 2.23. The van der Waals surface area contributed by atoms with Crippen LogP contribution in [-0.2, 0) is 9.47 Å². The van der Waals surface area contributed by atoms with E-state index in [2.05, 4.69) is 37.3 Å². The number of allylic oxidation sites excluding steroid dienone is 4. The minimum absolute atomic E-state index is 0.139. The highest BCUT2D eigenvalue weighted by molar-refractivity contribution is 5.29. The molecule has 0 bridgehead atoms. The molecule has 96 valence electrons. The van der Waals surface area contributed by atoms with E-state index in [1.54, 1.807) is 7.11 Å². The number of ether oxygens (including phenoxy) is 2. The molecule has 1 aliphatic rings. The van der Waals surface area contributed by atoms with Crippen LogP contribution in [0.4, 0.5) is 0 Å². The van der Waals surface area contributed by atoms with Crippen molar-refractivity contribution in [2.45, 2.75) is 38.7 Å². The molecule has 0 N–H and O–H groups in total.